The van der Waals surface area contributed by atoms with Crippen molar-refractivity contribution in [2.45, 2.75) is 4.34 Å². The van der Waals surface area contributed by atoms with Crippen molar-refractivity contribution in [3.63, 3.8) is 0 Å². The maximum Gasteiger partial charge on any atom is 0.210 e. The van der Waals surface area contributed by atoms with Crippen LogP contribution in [0.3, 0.4) is 0 Å². The highest BCUT2D eigenvalue weighted by molar-refractivity contribution is 8.01. The molecule has 0 spiro atoms. The zero-order valence-electron chi connectivity index (χ0n) is 13.4. The summed E-state index contributed by atoms with van der Waals surface area (Å²) in [4.78, 5) is 15.6. The lowest BCUT2D eigenvalue weighted by molar-refractivity contribution is 0.102. The van der Waals surface area contributed by atoms with Crippen molar-refractivity contribution in [3.8, 4) is 0 Å². The Balaban J connectivity index is 1.41. The quantitative estimate of drug-likeness (QED) is 0.366. The van der Waals surface area contributed by atoms with Crippen LogP contribution in [-0.2, 0) is 0 Å². The minimum atomic E-state index is -0.321. The van der Waals surface area contributed by atoms with E-state index in [-0.39, 0.29) is 17.4 Å². The number of rotatable bonds is 6. The van der Waals surface area contributed by atoms with Crippen LogP contribution < -0.4 is 5.32 Å². The monoisotopic (exact) mass is 384 g/mol. The molecule has 0 aliphatic carbocycles. The number of thioether (sulfide) groups is 1. The van der Waals surface area contributed by atoms with Crippen molar-refractivity contribution in [2.75, 3.05) is 11.1 Å². The molecule has 2 heterocycles. The molecule has 26 heavy (non-hydrogen) atoms. The van der Waals surface area contributed by atoms with E-state index in [1.165, 1.54) is 35.2 Å². The van der Waals surface area contributed by atoms with Crippen LogP contribution in [0.5, 0.6) is 0 Å². The fourth-order valence-electron chi connectivity index (χ4n) is 2.52. The number of nitrogens with one attached hydrogen (secondary N) is 2. The topological polar surface area (TPSA) is 70.7 Å². The molecule has 0 unspecified atom stereocenters. The third-order valence-corrected chi connectivity index (χ3v) is 5.67. The van der Waals surface area contributed by atoms with E-state index in [1.54, 1.807) is 18.3 Å². The minimum Gasteiger partial charge on any atom is -0.360 e. The summed E-state index contributed by atoms with van der Waals surface area (Å²) in [6.45, 7) is 0. The normalized spacial score (nSPS) is 11.0. The average Bonchev–Trinajstić information content (AvgIpc) is 3.26. The van der Waals surface area contributed by atoms with Crippen LogP contribution in [0, 0.1) is 5.82 Å². The van der Waals surface area contributed by atoms with E-state index in [0.29, 0.717) is 20.7 Å². The zero-order chi connectivity index (χ0) is 17.9. The fourth-order valence-corrected chi connectivity index (χ4v) is 4.17. The molecule has 4 aromatic rings. The summed E-state index contributed by atoms with van der Waals surface area (Å²) in [5, 5.41) is 12.6. The number of benzene rings is 2. The second-order valence-corrected chi connectivity index (χ2v) is 7.67. The maximum atomic E-state index is 13.2. The smallest absolute Gasteiger partial charge is 0.210 e. The first kappa shape index (κ1) is 16.7. The molecule has 0 fully saturated rings. The summed E-state index contributed by atoms with van der Waals surface area (Å²) >= 11 is 2.66. The minimum absolute atomic E-state index is 0.0299. The van der Waals surface area contributed by atoms with Gasteiger partial charge in [0, 0.05) is 28.4 Å². The molecule has 0 radical (unpaired) electrons. The Morgan fingerprint density at radius 1 is 1.19 bits per heavy atom. The molecule has 8 heteroatoms. The van der Waals surface area contributed by atoms with Crippen molar-refractivity contribution < 1.29 is 9.18 Å². The van der Waals surface area contributed by atoms with E-state index < -0.39 is 0 Å². The number of nitrogens with zero attached hydrogens (tertiary/aromatic N) is 2. The van der Waals surface area contributed by atoms with Gasteiger partial charge in [-0.2, -0.15) is 0 Å². The van der Waals surface area contributed by atoms with Crippen LogP contribution in [-0.4, -0.2) is 26.7 Å². The summed E-state index contributed by atoms with van der Waals surface area (Å²) in [5.41, 5.74) is 2.22. The van der Waals surface area contributed by atoms with Gasteiger partial charge in [-0.05, 0) is 24.3 Å². The summed E-state index contributed by atoms with van der Waals surface area (Å²) in [7, 11) is 0. The highest BCUT2D eigenvalue weighted by Gasteiger charge is 2.14. The van der Waals surface area contributed by atoms with Gasteiger partial charge in [-0.25, -0.2) is 4.39 Å². The number of para-hydroxylation sites is 1. The summed E-state index contributed by atoms with van der Waals surface area (Å²) < 4.78 is 13.9. The molecular weight excluding hydrogens is 371 g/mol. The number of Topliss-reactive ketones (excluding diaryl/α,β-unsaturated/α-hetero) is 1. The number of hydrogen-bond donors (Lipinski definition) is 2. The van der Waals surface area contributed by atoms with Crippen molar-refractivity contribution in [1.29, 1.82) is 0 Å². The van der Waals surface area contributed by atoms with Crippen LogP contribution in [0.25, 0.3) is 10.9 Å². The molecule has 4 rings (SSSR count). The number of aromatic amines is 1. The van der Waals surface area contributed by atoms with Crippen LogP contribution >= 0.6 is 23.1 Å². The fraction of sp³-hybridized carbons (Fsp3) is 0.0556. The van der Waals surface area contributed by atoms with Gasteiger partial charge in [0.1, 0.15) is 5.82 Å². The Morgan fingerprint density at radius 3 is 2.96 bits per heavy atom. The van der Waals surface area contributed by atoms with Gasteiger partial charge in [0.2, 0.25) is 5.13 Å². The van der Waals surface area contributed by atoms with Gasteiger partial charge in [-0.1, -0.05) is 47.4 Å². The number of fused-ring (bicyclic) bond motifs is 1. The molecule has 0 saturated carbocycles. The average molecular weight is 384 g/mol. The van der Waals surface area contributed by atoms with Crippen molar-refractivity contribution in [1.82, 2.24) is 15.2 Å². The lowest BCUT2D eigenvalue weighted by atomic mass is 10.1. The molecule has 0 aliphatic heterocycles. The van der Waals surface area contributed by atoms with Gasteiger partial charge in [-0.15, -0.1) is 10.2 Å². The van der Waals surface area contributed by atoms with Crippen molar-refractivity contribution in [2.24, 2.45) is 0 Å². The van der Waals surface area contributed by atoms with Crippen LogP contribution in [0.2, 0.25) is 0 Å². The second kappa shape index (κ2) is 7.27. The van der Waals surface area contributed by atoms with E-state index in [2.05, 4.69) is 20.5 Å². The Labute approximate surface area is 156 Å². The largest absolute Gasteiger partial charge is 0.360 e. The van der Waals surface area contributed by atoms with Gasteiger partial charge in [0.15, 0.2) is 10.1 Å². The molecular formula is C18H13FN4OS2. The number of carbonyl (C=O) groups is 1. The number of ketones is 1. The van der Waals surface area contributed by atoms with Gasteiger partial charge in [0.05, 0.1) is 5.75 Å². The number of aromatic nitrogens is 3. The number of carbonyl (C=O) groups excluding carboxylic acids is 1. The number of halogens is 1. The molecule has 130 valence electrons. The Kier molecular flexibility index (Phi) is 4.68. The van der Waals surface area contributed by atoms with Crippen molar-refractivity contribution in [3.05, 3.63) is 66.1 Å². The predicted octanol–water partition coefficient (Wildman–Crippen LogP) is 4.88. The van der Waals surface area contributed by atoms with E-state index in [4.69, 9.17) is 0 Å². The molecule has 0 saturated heterocycles. The molecule has 5 nitrogen and oxygen atoms in total. The van der Waals surface area contributed by atoms with Gasteiger partial charge < -0.3 is 10.3 Å². The van der Waals surface area contributed by atoms with Crippen LogP contribution in [0.4, 0.5) is 15.2 Å². The number of anilines is 2. The highest BCUT2D eigenvalue weighted by Crippen LogP contribution is 2.29. The van der Waals surface area contributed by atoms with E-state index in [1.807, 2.05) is 24.3 Å². The molecule has 2 aromatic heterocycles. The first-order valence-corrected chi connectivity index (χ1v) is 9.57. The third-order valence-electron chi connectivity index (χ3n) is 3.70. The maximum absolute atomic E-state index is 13.2. The highest BCUT2D eigenvalue weighted by atomic mass is 32.2. The standard InChI is InChI=1S/C18H13FN4OS2/c19-11-4-3-5-12(8-11)21-17-22-23-18(26-17)25-10-16(24)14-9-20-15-7-2-1-6-13(14)15/h1-9,20H,10H2,(H,21,22). The van der Waals surface area contributed by atoms with E-state index in [0.717, 1.165) is 10.9 Å². The first-order chi connectivity index (χ1) is 12.7. The Hall–Kier alpha value is -2.71. The van der Waals surface area contributed by atoms with Gasteiger partial charge in [0.25, 0.3) is 0 Å². The molecule has 2 N–H and O–H groups in total. The van der Waals surface area contributed by atoms with Crippen LogP contribution in [0.1, 0.15) is 10.4 Å². The molecule has 0 aliphatic rings. The molecule has 0 atom stereocenters. The number of H-pyrrole nitrogens is 1. The first-order valence-electron chi connectivity index (χ1n) is 7.77. The summed E-state index contributed by atoms with van der Waals surface area (Å²) in [6, 6.07) is 13.8. The van der Waals surface area contributed by atoms with E-state index in [9.17, 15) is 9.18 Å². The predicted molar refractivity (Wildman–Crippen MR) is 103 cm³/mol. The SMILES string of the molecule is O=C(CSc1nnc(Nc2cccc(F)c2)s1)c1c[nH]c2ccccc12. The van der Waals surface area contributed by atoms with Crippen molar-refractivity contribution >= 4 is 50.6 Å². The van der Waals surface area contributed by atoms with E-state index >= 15 is 0 Å². The molecule has 0 amide bonds. The lowest BCUT2D eigenvalue weighted by Gasteiger charge is -2.00. The molecule has 0 bridgehead atoms. The lowest BCUT2D eigenvalue weighted by Crippen LogP contribution is -2.01. The zero-order valence-corrected chi connectivity index (χ0v) is 15.0. The molecule has 2 aromatic carbocycles. The van der Waals surface area contributed by atoms with Crippen LogP contribution in [0.15, 0.2) is 59.1 Å². The Bertz CT molecular complexity index is 1080. The Morgan fingerprint density at radius 2 is 2.08 bits per heavy atom. The second-order valence-electron chi connectivity index (χ2n) is 5.47. The number of hydrogen-bond acceptors (Lipinski definition) is 6. The van der Waals surface area contributed by atoms with Gasteiger partial charge in [-0.3, -0.25) is 4.79 Å². The summed E-state index contributed by atoms with van der Waals surface area (Å²) in [5.74, 6) is -0.0167. The summed E-state index contributed by atoms with van der Waals surface area (Å²) in [6.07, 6.45) is 1.74. The van der Waals surface area contributed by atoms with Gasteiger partial charge >= 0.3 is 0 Å². The third kappa shape index (κ3) is 3.61.